The number of benzene rings is 1. The first-order valence-corrected chi connectivity index (χ1v) is 8.61. The molecule has 0 spiro atoms. The Morgan fingerprint density at radius 1 is 1.16 bits per heavy atom. The maximum absolute atomic E-state index is 12.6. The lowest BCUT2D eigenvalue weighted by atomic mass is 10.1. The molecule has 0 fully saturated rings. The standard InChI is InChI=1S/C20H29N3O2/c1-19(2,3)23-14-15(13-22-23)12-21-17(16-10-8-7-9-11-16)18(24)25-20(4,5)6/h7-11,13-14,17,21H,12H2,1-6H3/t17-/m0/s1. The Bertz CT molecular complexity index is 694. The average Bonchev–Trinajstić information content (AvgIpc) is 2.96. The van der Waals surface area contributed by atoms with E-state index in [1.165, 1.54) is 0 Å². The number of nitrogens with zero attached hydrogens (tertiary/aromatic N) is 2. The van der Waals surface area contributed by atoms with Gasteiger partial charge in [-0.25, -0.2) is 4.79 Å². The summed E-state index contributed by atoms with van der Waals surface area (Å²) < 4.78 is 7.51. The molecule has 2 aromatic rings. The van der Waals surface area contributed by atoms with Crippen LogP contribution >= 0.6 is 0 Å². The largest absolute Gasteiger partial charge is 0.459 e. The van der Waals surface area contributed by atoms with Crippen molar-refractivity contribution >= 4 is 5.97 Å². The SMILES string of the molecule is CC(C)(C)OC(=O)[C@@H](NCc1cnn(C(C)(C)C)c1)c1ccccc1. The van der Waals surface area contributed by atoms with Crippen molar-refractivity contribution in [3.63, 3.8) is 0 Å². The van der Waals surface area contributed by atoms with Crippen LogP contribution in [0.5, 0.6) is 0 Å². The summed E-state index contributed by atoms with van der Waals surface area (Å²) in [6.45, 7) is 12.5. The number of hydrogen-bond donors (Lipinski definition) is 1. The van der Waals surface area contributed by atoms with Gasteiger partial charge < -0.3 is 4.74 Å². The normalized spacial score (nSPS) is 13.5. The maximum atomic E-state index is 12.6. The Morgan fingerprint density at radius 2 is 1.80 bits per heavy atom. The van der Waals surface area contributed by atoms with Gasteiger partial charge in [0.05, 0.1) is 11.7 Å². The monoisotopic (exact) mass is 343 g/mol. The summed E-state index contributed by atoms with van der Waals surface area (Å²) in [7, 11) is 0. The van der Waals surface area contributed by atoms with Gasteiger partial charge in [0, 0.05) is 18.3 Å². The molecule has 1 aromatic heterocycles. The van der Waals surface area contributed by atoms with Gasteiger partial charge in [-0.1, -0.05) is 30.3 Å². The van der Waals surface area contributed by atoms with Crippen molar-refractivity contribution in [2.75, 3.05) is 0 Å². The van der Waals surface area contributed by atoms with Gasteiger partial charge >= 0.3 is 5.97 Å². The van der Waals surface area contributed by atoms with Crippen molar-refractivity contribution in [2.45, 2.75) is 65.3 Å². The van der Waals surface area contributed by atoms with E-state index in [1.807, 2.05) is 68.2 Å². The third-order valence-electron chi connectivity index (χ3n) is 3.61. The lowest BCUT2D eigenvalue weighted by Gasteiger charge is -2.25. The summed E-state index contributed by atoms with van der Waals surface area (Å²) in [6, 6.07) is 9.12. The third-order valence-corrected chi connectivity index (χ3v) is 3.61. The fraction of sp³-hybridized carbons (Fsp3) is 0.500. The molecule has 25 heavy (non-hydrogen) atoms. The van der Waals surface area contributed by atoms with E-state index in [2.05, 4.69) is 31.2 Å². The van der Waals surface area contributed by atoms with Crippen LogP contribution in [0.2, 0.25) is 0 Å². The fourth-order valence-corrected chi connectivity index (χ4v) is 2.38. The minimum Gasteiger partial charge on any atom is -0.459 e. The first-order valence-electron chi connectivity index (χ1n) is 8.61. The summed E-state index contributed by atoms with van der Waals surface area (Å²) in [5.74, 6) is -0.276. The van der Waals surface area contributed by atoms with E-state index in [-0.39, 0.29) is 11.5 Å². The molecule has 5 heteroatoms. The molecule has 0 saturated heterocycles. The van der Waals surface area contributed by atoms with Gasteiger partial charge in [0.2, 0.25) is 0 Å². The highest BCUT2D eigenvalue weighted by Gasteiger charge is 2.26. The Hall–Kier alpha value is -2.14. The van der Waals surface area contributed by atoms with Gasteiger partial charge in [0.1, 0.15) is 11.6 Å². The van der Waals surface area contributed by atoms with Crippen LogP contribution in [-0.4, -0.2) is 21.4 Å². The summed E-state index contributed by atoms with van der Waals surface area (Å²) in [6.07, 6.45) is 3.83. The van der Waals surface area contributed by atoms with E-state index >= 15 is 0 Å². The second-order valence-corrected chi connectivity index (χ2v) is 8.22. The van der Waals surface area contributed by atoms with Gasteiger partial charge in [-0.05, 0) is 47.1 Å². The maximum Gasteiger partial charge on any atom is 0.328 e. The predicted octanol–water partition coefficient (Wildman–Crippen LogP) is 3.81. The van der Waals surface area contributed by atoms with Gasteiger partial charge in [-0.15, -0.1) is 0 Å². The minimum atomic E-state index is -0.525. The van der Waals surface area contributed by atoms with E-state index in [4.69, 9.17) is 4.74 Å². The first kappa shape index (κ1) is 19.2. The van der Waals surface area contributed by atoms with Gasteiger partial charge in [0.25, 0.3) is 0 Å². The smallest absolute Gasteiger partial charge is 0.328 e. The van der Waals surface area contributed by atoms with Crippen LogP contribution in [0.25, 0.3) is 0 Å². The predicted molar refractivity (Wildman–Crippen MR) is 99.1 cm³/mol. The van der Waals surface area contributed by atoms with Crippen molar-refractivity contribution in [1.29, 1.82) is 0 Å². The molecule has 0 aliphatic rings. The Balaban J connectivity index is 2.14. The molecule has 0 bridgehead atoms. The molecule has 5 nitrogen and oxygen atoms in total. The van der Waals surface area contributed by atoms with Crippen LogP contribution in [0.4, 0.5) is 0 Å². The van der Waals surface area contributed by atoms with Gasteiger partial charge in [0.15, 0.2) is 0 Å². The van der Waals surface area contributed by atoms with Crippen molar-refractivity contribution in [2.24, 2.45) is 0 Å². The highest BCUT2D eigenvalue weighted by atomic mass is 16.6. The van der Waals surface area contributed by atoms with Crippen LogP contribution in [0.15, 0.2) is 42.7 Å². The molecular weight excluding hydrogens is 314 g/mol. The van der Waals surface area contributed by atoms with E-state index in [0.717, 1.165) is 11.1 Å². The van der Waals surface area contributed by atoms with E-state index in [9.17, 15) is 4.79 Å². The van der Waals surface area contributed by atoms with Crippen LogP contribution in [-0.2, 0) is 21.6 Å². The van der Waals surface area contributed by atoms with Crippen molar-refractivity contribution in [1.82, 2.24) is 15.1 Å². The zero-order chi connectivity index (χ0) is 18.7. The number of esters is 1. The number of aromatic nitrogens is 2. The van der Waals surface area contributed by atoms with Crippen LogP contribution in [0, 0.1) is 0 Å². The number of ether oxygens (including phenoxy) is 1. The molecule has 1 atom stereocenters. The molecule has 1 heterocycles. The summed E-state index contributed by atoms with van der Waals surface area (Å²) in [4.78, 5) is 12.6. The van der Waals surface area contributed by atoms with Crippen LogP contribution in [0.3, 0.4) is 0 Å². The number of carbonyl (C=O) groups is 1. The average molecular weight is 343 g/mol. The highest BCUT2D eigenvalue weighted by Crippen LogP contribution is 2.20. The van der Waals surface area contributed by atoms with E-state index in [0.29, 0.717) is 6.54 Å². The fourth-order valence-electron chi connectivity index (χ4n) is 2.38. The summed E-state index contributed by atoms with van der Waals surface area (Å²) >= 11 is 0. The van der Waals surface area contributed by atoms with Gasteiger partial charge in [-0.3, -0.25) is 10.00 Å². The number of rotatable bonds is 5. The second-order valence-electron chi connectivity index (χ2n) is 8.22. The van der Waals surface area contributed by atoms with Gasteiger partial charge in [-0.2, -0.15) is 5.10 Å². The molecule has 136 valence electrons. The highest BCUT2D eigenvalue weighted by molar-refractivity contribution is 5.78. The number of hydrogen-bond acceptors (Lipinski definition) is 4. The van der Waals surface area contributed by atoms with E-state index in [1.54, 1.807) is 0 Å². The lowest BCUT2D eigenvalue weighted by molar-refractivity contribution is -0.157. The second kappa shape index (κ2) is 7.40. The third kappa shape index (κ3) is 5.71. The molecular formula is C20H29N3O2. The van der Waals surface area contributed by atoms with Crippen LogP contribution in [0.1, 0.15) is 58.7 Å². The quantitative estimate of drug-likeness (QED) is 0.839. The Morgan fingerprint density at radius 3 is 2.32 bits per heavy atom. The molecule has 0 unspecified atom stereocenters. The zero-order valence-electron chi connectivity index (χ0n) is 16.0. The summed E-state index contributed by atoms with van der Waals surface area (Å²) in [5, 5.41) is 7.71. The number of carbonyl (C=O) groups excluding carboxylic acids is 1. The van der Waals surface area contributed by atoms with E-state index < -0.39 is 11.6 Å². The topological polar surface area (TPSA) is 56.1 Å². The molecule has 0 amide bonds. The molecule has 0 radical (unpaired) electrons. The minimum absolute atomic E-state index is 0.0672. The lowest BCUT2D eigenvalue weighted by Crippen LogP contribution is -2.34. The summed E-state index contributed by atoms with van der Waals surface area (Å²) in [5.41, 5.74) is 1.32. The molecule has 1 aromatic carbocycles. The Labute approximate surface area is 150 Å². The zero-order valence-corrected chi connectivity index (χ0v) is 16.0. The first-order chi connectivity index (χ1) is 11.6. The molecule has 2 rings (SSSR count). The number of nitrogens with one attached hydrogen (secondary N) is 1. The van der Waals surface area contributed by atoms with Crippen molar-refractivity contribution in [3.05, 3.63) is 53.9 Å². The molecule has 1 N–H and O–H groups in total. The molecule has 0 aliphatic carbocycles. The Kier molecular flexibility index (Phi) is 5.68. The molecule has 0 saturated carbocycles. The van der Waals surface area contributed by atoms with Crippen molar-refractivity contribution in [3.8, 4) is 0 Å². The van der Waals surface area contributed by atoms with Crippen LogP contribution < -0.4 is 5.32 Å². The van der Waals surface area contributed by atoms with Crippen molar-refractivity contribution < 1.29 is 9.53 Å². The molecule has 0 aliphatic heterocycles.